The largest absolute Gasteiger partial charge is 0.395 e. The quantitative estimate of drug-likeness (QED) is 0.682. The number of hydrogen-bond donors (Lipinski definition) is 2. The van der Waals surface area contributed by atoms with Crippen molar-refractivity contribution in [2.24, 2.45) is 5.92 Å². The van der Waals surface area contributed by atoms with Crippen molar-refractivity contribution in [3.8, 4) is 0 Å². The predicted octanol–water partition coefficient (Wildman–Crippen LogP) is 1.86. The molecule has 102 valence electrons. The molecule has 0 bridgehead atoms. The fraction of sp³-hybridized carbons (Fsp3) is 1.00. The van der Waals surface area contributed by atoms with Gasteiger partial charge in [-0.1, -0.05) is 26.7 Å². The number of nitrogens with one attached hydrogen (secondary N) is 1. The van der Waals surface area contributed by atoms with E-state index in [2.05, 4.69) is 24.1 Å². The molecular weight excluding hydrogens is 212 g/mol. The van der Waals surface area contributed by atoms with E-state index in [1.807, 2.05) is 0 Å². The van der Waals surface area contributed by atoms with E-state index in [9.17, 15) is 0 Å². The van der Waals surface area contributed by atoms with Crippen LogP contribution < -0.4 is 5.32 Å². The zero-order chi connectivity index (χ0) is 12.5. The van der Waals surface area contributed by atoms with Crippen LogP contribution in [0.25, 0.3) is 0 Å². The van der Waals surface area contributed by atoms with Crippen LogP contribution >= 0.6 is 0 Å². The molecular formula is C14H30N2O. The highest BCUT2D eigenvalue weighted by Gasteiger charge is 2.25. The Labute approximate surface area is 107 Å². The summed E-state index contributed by atoms with van der Waals surface area (Å²) in [6, 6.07) is 0.587. The van der Waals surface area contributed by atoms with E-state index in [4.69, 9.17) is 5.11 Å². The van der Waals surface area contributed by atoms with Gasteiger partial charge in [0, 0.05) is 25.7 Å². The smallest absolute Gasteiger partial charge is 0.0556 e. The van der Waals surface area contributed by atoms with Gasteiger partial charge >= 0.3 is 0 Å². The third-order valence-electron chi connectivity index (χ3n) is 3.68. The van der Waals surface area contributed by atoms with Gasteiger partial charge in [0.05, 0.1) is 6.61 Å². The monoisotopic (exact) mass is 242 g/mol. The van der Waals surface area contributed by atoms with Crippen molar-refractivity contribution in [2.75, 3.05) is 32.8 Å². The highest BCUT2D eigenvalue weighted by molar-refractivity contribution is 4.83. The summed E-state index contributed by atoms with van der Waals surface area (Å²) in [5, 5.41) is 12.4. The van der Waals surface area contributed by atoms with E-state index >= 15 is 0 Å². The lowest BCUT2D eigenvalue weighted by molar-refractivity contribution is 0.130. The van der Waals surface area contributed by atoms with Crippen LogP contribution in [0, 0.1) is 5.92 Å². The van der Waals surface area contributed by atoms with Crippen LogP contribution in [-0.2, 0) is 0 Å². The Balaban J connectivity index is 2.37. The maximum atomic E-state index is 8.90. The number of piperidine rings is 1. The first-order chi connectivity index (χ1) is 8.30. The molecule has 3 heteroatoms. The van der Waals surface area contributed by atoms with E-state index in [0.717, 1.165) is 12.5 Å². The van der Waals surface area contributed by atoms with E-state index < -0.39 is 0 Å². The normalized spacial score (nSPS) is 26.3. The van der Waals surface area contributed by atoms with Gasteiger partial charge in [0.15, 0.2) is 0 Å². The molecule has 2 atom stereocenters. The van der Waals surface area contributed by atoms with Gasteiger partial charge in [-0.15, -0.1) is 0 Å². The number of aliphatic hydroxyl groups excluding tert-OH is 1. The summed E-state index contributed by atoms with van der Waals surface area (Å²) in [7, 11) is 0. The first-order valence-electron chi connectivity index (χ1n) is 7.36. The van der Waals surface area contributed by atoms with Crippen molar-refractivity contribution in [3.05, 3.63) is 0 Å². The molecule has 1 rings (SSSR count). The van der Waals surface area contributed by atoms with Crippen LogP contribution in [0.4, 0.5) is 0 Å². The van der Waals surface area contributed by atoms with Gasteiger partial charge in [0.1, 0.15) is 0 Å². The minimum atomic E-state index is 0.254. The minimum absolute atomic E-state index is 0.254. The van der Waals surface area contributed by atoms with Crippen LogP contribution in [0.1, 0.15) is 46.0 Å². The van der Waals surface area contributed by atoms with Crippen molar-refractivity contribution in [3.63, 3.8) is 0 Å². The molecule has 0 aliphatic carbocycles. The molecule has 0 aromatic rings. The zero-order valence-electron chi connectivity index (χ0n) is 11.6. The highest BCUT2D eigenvalue weighted by atomic mass is 16.3. The molecule has 2 N–H and O–H groups in total. The van der Waals surface area contributed by atoms with Crippen molar-refractivity contribution in [1.29, 1.82) is 0 Å². The topological polar surface area (TPSA) is 35.5 Å². The summed E-state index contributed by atoms with van der Waals surface area (Å²) >= 11 is 0. The second-order valence-electron chi connectivity index (χ2n) is 5.38. The van der Waals surface area contributed by atoms with Crippen LogP contribution in [0.2, 0.25) is 0 Å². The van der Waals surface area contributed by atoms with Gasteiger partial charge in [-0.3, -0.25) is 0 Å². The Hall–Kier alpha value is -0.120. The Morgan fingerprint density at radius 3 is 2.71 bits per heavy atom. The fourth-order valence-corrected chi connectivity index (χ4v) is 2.90. The van der Waals surface area contributed by atoms with Gasteiger partial charge in [-0.05, 0) is 31.7 Å². The Kier molecular flexibility index (Phi) is 7.82. The molecule has 1 aliphatic heterocycles. The van der Waals surface area contributed by atoms with Crippen molar-refractivity contribution in [2.45, 2.75) is 52.0 Å². The van der Waals surface area contributed by atoms with Crippen LogP contribution in [0.15, 0.2) is 0 Å². The van der Waals surface area contributed by atoms with Crippen molar-refractivity contribution < 1.29 is 5.11 Å². The molecule has 2 unspecified atom stereocenters. The summed E-state index contributed by atoms with van der Waals surface area (Å²) in [5.74, 6) is 0.849. The summed E-state index contributed by atoms with van der Waals surface area (Å²) < 4.78 is 0. The number of likely N-dealkylation sites (tertiary alicyclic amines) is 1. The number of nitrogens with zero attached hydrogens (tertiary/aromatic N) is 1. The maximum Gasteiger partial charge on any atom is 0.0556 e. The minimum Gasteiger partial charge on any atom is -0.395 e. The first kappa shape index (κ1) is 14.9. The molecule has 0 aromatic carbocycles. The van der Waals surface area contributed by atoms with Gasteiger partial charge in [0.2, 0.25) is 0 Å². The van der Waals surface area contributed by atoms with Gasteiger partial charge < -0.3 is 15.3 Å². The van der Waals surface area contributed by atoms with Gasteiger partial charge in [-0.2, -0.15) is 0 Å². The summed E-state index contributed by atoms with van der Waals surface area (Å²) in [6.45, 7) is 9.23. The van der Waals surface area contributed by atoms with E-state index in [-0.39, 0.29) is 6.61 Å². The number of aliphatic hydroxyl groups is 1. The molecule has 0 aromatic heterocycles. The third-order valence-corrected chi connectivity index (χ3v) is 3.68. The zero-order valence-corrected chi connectivity index (χ0v) is 11.6. The number of hydrogen-bond acceptors (Lipinski definition) is 3. The van der Waals surface area contributed by atoms with E-state index in [0.29, 0.717) is 6.04 Å². The molecule has 3 nitrogen and oxygen atoms in total. The molecule has 0 spiro atoms. The summed E-state index contributed by atoms with van der Waals surface area (Å²) in [6.07, 6.45) is 6.52. The third kappa shape index (κ3) is 5.84. The average molecular weight is 242 g/mol. The standard InChI is InChI=1S/C14H30N2O/c1-3-5-8-16-11-13(6-4-2)10-14(12-16)15-7-9-17/h13-15,17H,3-12H2,1-2H3. The molecule has 1 fully saturated rings. The first-order valence-corrected chi connectivity index (χ1v) is 7.36. The second kappa shape index (κ2) is 8.90. The molecule has 17 heavy (non-hydrogen) atoms. The van der Waals surface area contributed by atoms with Crippen LogP contribution in [0.3, 0.4) is 0 Å². The van der Waals surface area contributed by atoms with E-state index in [1.165, 1.54) is 51.7 Å². The average Bonchev–Trinajstić information content (AvgIpc) is 2.34. The number of rotatable bonds is 8. The lowest BCUT2D eigenvalue weighted by atomic mass is 9.90. The summed E-state index contributed by atoms with van der Waals surface area (Å²) in [4.78, 5) is 2.61. The molecule has 1 saturated heterocycles. The molecule has 0 amide bonds. The van der Waals surface area contributed by atoms with Crippen LogP contribution in [-0.4, -0.2) is 48.8 Å². The second-order valence-corrected chi connectivity index (χ2v) is 5.38. The lowest BCUT2D eigenvalue weighted by Crippen LogP contribution is -2.50. The fourth-order valence-electron chi connectivity index (χ4n) is 2.90. The molecule has 0 radical (unpaired) electrons. The van der Waals surface area contributed by atoms with Crippen LogP contribution in [0.5, 0.6) is 0 Å². The van der Waals surface area contributed by atoms with E-state index in [1.54, 1.807) is 0 Å². The van der Waals surface area contributed by atoms with Gasteiger partial charge in [0.25, 0.3) is 0 Å². The van der Waals surface area contributed by atoms with Crippen molar-refractivity contribution >= 4 is 0 Å². The molecule has 1 heterocycles. The summed E-state index contributed by atoms with van der Waals surface area (Å²) in [5.41, 5.74) is 0. The molecule has 1 aliphatic rings. The SMILES string of the molecule is CCCCN1CC(CCC)CC(NCCO)C1. The Bertz CT molecular complexity index is 171. The number of unbranched alkanes of at least 4 members (excludes halogenated alkanes) is 1. The molecule has 0 saturated carbocycles. The maximum absolute atomic E-state index is 8.90. The lowest BCUT2D eigenvalue weighted by Gasteiger charge is -2.38. The highest BCUT2D eigenvalue weighted by Crippen LogP contribution is 2.21. The Morgan fingerprint density at radius 2 is 2.06 bits per heavy atom. The van der Waals surface area contributed by atoms with Gasteiger partial charge in [-0.25, -0.2) is 0 Å². The predicted molar refractivity (Wildman–Crippen MR) is 73.2 cm³/mol. The van der Waals surface area contributed by atoms with Crippen molar-refractivity contribution in [1.82, 2.24) is 10.2 Å². The Morgan fingerprint density at radius 1 is 1.24 bits per heavy atom.